The van der Waals surface area contributed by atoms with Crippen LogP contribution in [0.15, 0.2) is 60.2 Å². The van der Waals surface area contributed by atoms with E-state index in [-0.39, 0.29) is 31.4 Å². The lowest BCUT2D eigenvalue weighted by atomic mass is 9.98. The zero-order valence-electron chi connectivity index (χ0n) is 18.3. The lowest BCUT2D eigenvalue weighted by molar-refractivity contribution is -0.137. The molecule has 0 radical (unpaired) electrons. The Labute approximate surface area is 187 Å². The Kier molecular flexibility index (Phi) is 7.65. The number of carboxylic acid groups (broad SMARTS) is 1. The van der Waals surface area contributed by atoms with Crippen LogP contribution in [0.1, 0.15) is 43.7 Å². The summed E-state index contributed by atoms with van der Waals surface area (Å²) in [5.41, 5.74) is 5.00. The van der Waals surface area contributed by atoms with E-state index in [4.69, 9.17) is 9.84 Å². The van der Waals surface area contributed by atoms with E-state index in [9.17, 15) is 14.4 Å². The number of aliphatic carboxylic acids is 1. The molecule has 2 aromatic carbocycles. The fraction of sp³-hybridized carbons (Fsp3) is 0.320. The summed E-state index contributed by atoms with van der Waals surface area (Å²) in [7, 11) is 0. The number of carbonyl (C=O) groups excluding carboxylic acids is 2. The highest BCUT2D eigenvalue weighted by Gasteiger charge is 2.28. The van der Waals surface area contributed by atoms with Crippen LogP contribution in [0.4, 0.5) is 4.79 Å². The van der Waals surface area contributed by atoms with Gasteiger partial charge in [0.25, 0.3) is 0 Å². The first-order chi connectivity index (χ1) is 15.4. The van der Waals surface area contributed by atoms with Crippen molar-refractivity contribution in [1.29, 1.82) is 0 Å². The lowest BCUT2D eigenvalue weighted by Gasteiger charge is -2.15. The molecule has 1 aliphatic carbocycles. The molecular formula is C25H28N2O5. The Morgan fingerprint density at radius 2 is 1.66 bits per heavy atom. The van der Waals surface area contributed by atoms with Crippen molar-refractivity contribution in [3.8, 4) is 11.1 Å². The highest BCUT2D eigenvalue weighted by molar-refractivity contribution is 5.93. The lowest BCUT2D eigenvalue weighted by Crippen LogP contribution is -2.36. The molecule has 0 saturated heterocycles. The molecule has 168 valence electrons. The van der Waals surface area contributed by atoms with Crippen molar-refractivity contribution in [1.82, 2.24) is 10.6 Å². The Hall–Kier alpha value is -3.61. The van der Waals surface area contributed by atoms with Gasteiger partial charge >= 0.3 is 12.1 Å². The minimum atomic E-state index is -0.962. The first kappa shape index (κ1) is 23.1. The summed E-state index contributed by atoms with van der Waals surface area (Å²) in [4.78, 5) is 35.2. The molecule has 0 aromatic heterocycles. The van der Waals surface area contributed by atoms with E-state index in [1.165, 1.54) is 0 Å². The molecule has 0 spiro atoms. The number of ether oxygens (including phenoxy) is 1. The number of nitrogens with one attached hydrogen (secondary N) is 2. The van der Waals surface area contributed by atoms with Crippen LogP contribution in [0.3, 0.4) is 0 Å². The van der Waals surface area contributed by atoms with Gasteiger partial charge in [-0.1, -0.05) is 61.5 Å². The average Bonchev–Trinajstić information content (AvgIpc) is 3.10. The van der Waals surface area contributed by atoms with Crippen molar-refractivity contribution in [3.63, 3.8) is 0 Å². The maximum Gasteiger partial charge on any atom is 0.407 e. The van der Waals surface area contributed by atoms with Crippen LogP contribution < -0.4 is 10.6 Å². The summed E-state index contributed by atoms with van der Waals surface area (Å²) in [5.74, 6) is -1.33. The van der Waals surface area contributed by atoms with Gasteiger partial charge in [0.05, 0.1) is 6.42 Å². The van der Waals surface area contributed by atoms with E-state index in [0.717, 1.165) is 22.3 Å². The van der Waals surface area contributed by atoms with Crippen molar-refractivity contribution in [2.75, 3.05) is 13.2 Å². The van der Waals surface area contributed by atoms with Crippen LogP contribution in [0.5, 0.6) is 0 Å². The van der Waals surface area contributed by atoms with Crippen LogP contribution in [-0.4, -0.2) is 42.3 Å². The maximum atomic E-state index is 12.2. The molecule has 2 amide bonds. The van der Waals surface area contributed by atoms with Crippen molar-refractivity contribution < 1.29 is 24.2 Å². The normalized spacial score (nSPS) is 13.6. The molecule has 7 nitrogen and oxygen atoms in total. The summed E-state index contributed by atoms with van der Waals surface area (Å²) < 4.78 is 5.46. The van der Waals surface area contributed by atoms with E-state index in [1.54, 1.807) is 13.0 Å². The minimum Gasteiger partial charge on any atom is -0.481 e. The Balaban J connectivity index is 1.50. The van der Waals surface area contributed by atoms with E-state index in [0.29, 0.717) is 12.0 Å². The quantitative estimate of drug-likeness (QED) is 0.518. The van der Waals surface area contributed by atoms with Crippen LogP contribution in [0.2, 0.25) is 0 Å². The average molecular weight is 437 g/mol. The minimum absolute atomic E-state index is 0.0172. The summed E-state index contributed by atoms with van der Waals surface area (Å²) in [6, 6.07) is 15.8. The van der Waals surface area contributed by atoms with Crippen LogP contribution in [0, 0.1) is 0 Å². The van der Waals surface area contributed by atoms with Crippen LogP contribution in [-0.2, 0) is 14.3 Å². The highest BCUT2D eigenvalue weighted by Crippen LogP contribution is 2.44. The summed E-state index contributed by atoms with van der Waals surface area (Å²) in [6.07, 6.45) is 1.40. The number of fused-ring (bicyclic) bond motifs is 3. The van der Waals surface area contributed by atoms with Gasteiger partial charge in [0.15, 0.2) is 0 Å². The summed E-state index contributed by atoms with van der Waals surface area (Å²) in [5, 5.41) is 14.2. The molecule has 2 aromatic rings. The fourth-order valence-electron chi connectivity index (χ4n) is 3.84. The Morgan fingerprint density at radius 3 is 2.22 bits per heavy atom. The zero-order valence-corrected chi connectivity index (χ0v) is 18.3. The summed E-state index contributed by atoms with van der Waals surface area (Å²) >= 11 is 0. The second-order valence-corrected chi connectivity index (χ2v) is 7.77. The SMILES string of the molecule is CCC(CC(=O)O)NC(=O)/C(C)=C/CNC(=O)OCC1c2ccccc2-c2ccccc21. The third-order valence-electron chi connectivity index (χ3n) is 5.61. The molecule has 0 fully saturated rings. The standard InChI is InChI=1S/C25H28N2O5/c1-3-17(14-23(28)29)27-24(30)16(2)12-13-26-25(31)32-15-22-20-10-6-4-8-18(20)19-9-5-7-11-21(19)22/h4-12,17,22H,3,13-15H2,1-2H3,(H,26,31)(H,27,30)(H,28,29)/b16-12+. The van der Waals surface area contributed by atoms with Crippen LogP contribution in [0.25, 0.3) is 11.1 Å². The molecule has 1 aliphatic rings. The van der Waals surface area contributed by atoms with Gasteiger partial charge in [-0.05, 0) is 35.6 Å². The molecule has 1 unspecified atom stereocenters. The Morgan fingerprint density at radius 1 is 1.06 bits per heavy atom. The zero-order chi connectivity index (χ0) is 23.1. The molecule has 3 rings (SSSR count). The van der Waals surface area contributed by atoms with Gasteiger partial charge in [-0.2, -0.15) is 0 Å². The first-order valence-electron chi connectivity index (χ1n) is 10.7. The first-order valence-corrected chi connectivity index (χ1v) is 10.7. The van der Waals surface area contributed by atoms with Gasteiger partial charge in [-0.15, -0.1) is 0 Å². The number of rotatable bonds is 9. The second-order valence-electron chi connectivity index (χ2n) is 7.77. The van der Waals surface area contributed by atoms with Crippen molar-refractivity contribution in [2.24, 2.45) is 0 Å². The topological polar surface area (TPSA) is 105 Å². The van der Waals surface area contributed by atoms with E-state index in [2.05, 4.69) is 34.9 Å². The number of hydrogen-bond donors (Lipinski definition) is 3. The molecule has 7 heteroatoms. The van der Waals surface area contributed by atoms with Gasteiger partial charge in [-0.25, -0.2) is 4.79 Å². The van der Waals surface area contributed by atoms with E-state index < -0.39 is 18.1 Å². The second kappa shape index (κ2) is 10.6. The molecule has 3 N–H and O–H groups in total. The highest BCUT2D eigenvalue weighted by atomic mass is 16.5. The van der Waals surface area contributed by atoms with Gasteiger partial charge in [0.2, 0.25) is 5.91 Å². The third-order valence-corrected chi connectivity index (χ3v) is 5.61. The number of benzene rings is 2. The molecule has 0 aliphatic heterocycles. The fourth-order valence-corrected chi connectivity index (χ4v) is 3.84. The predicted molar refractivity (Wildman–Crippen MR) is 121 cm³/mol. The predicted octanol–water partition coefficient (Wildman–Crippen LogP) is 3.84. The molecule has 0 bridgehead atoms. The monoisotopic (exact) mass is 436 g/mol. The number of carboxylic acids is 1. The van der Waals surface area contributed by atoms with E-state index >= 15 is 0 Å². The molecule has 1 atom stereocenters. The molecule has 32 heavy (non-hydrogen) atoms. The van der Waals surface area contributed by atoms with Crippen LogP contribution >= 0.6 is 0 Å². The van der Waals surface area contributed by atoms with Gasteiger partial charge in [0.1, 0.15) is 6.61 Å². The number of amides is 2. The number of carbonyl (C=O) groups is 3. The van der Waals surface area contributed by atoms with Gasteiger partial charge in [-0.3, -0.25) is 9.59 Å². The smallest absolute Gasteiger partial charge is 0.407 e. The van der Waals surface area contributed by atoms with Gasteiger partial charge in [0, 0.05) is 24.1 Å². The molecule has 0 heterocycles. The Bertz CT molecular complexity index is 985. The number of alkyl carbamates (subject to hydrolysis) is 1. The molecular weight excluding hydrogens is 408 g/mol. The summed E-state index contributed by atoms with van der Waals surface area (Å²) in [6.45, 7) is 3.77. The largest absolute Gasteiger partial charge is 0.481 e. The van der Waals surface area contributed by atoms with Crippen molar-refractivity contribution in [2.45, 2.75) is 38.6 Å². The number of hydrogen-bond acceptors (Lipinski definition) is 4. The maximum absolute atomic E-state index is 12.2. The molecule has 0 saturated carbocycles. The van der Waals surface area contributed by atoms with Gasteiger partial charge < -0.3 is 20.5 Å². The van der Waals surface area contributed by atoms with Crippen molar-refractivity contribution in [3.05, 3.63) is 71.3 Å². The third kappa shape index (κ3) is 5.55. The van der Waals surface area contributed by atoms with Crippen molar-refractivity contribution >= 4 is 18.0 Å². The van der Waals surface area contributed by atoms with E-state index in [1.807, 2.05) is 31.2 Å².